The largest absolute Gasteiger partial charge is 0.507 e. The van der Waals surface area contributed by atoms with Gasteiger partial charge in [-0.15, -0.1) is 0 Å². The molecular weight excluding hydrogens is 420 g/mol. The number of carbonyl (C=O) groups excluding carboxylic acids is 1. The highest BCUT2D eigenvalue weighted by Crippen LogP contribution is 2.18. The van der Waals surface area contributed by atoms with Crippen molar-refractivity contribution in [2.45, 2.75) is 0 Å². The summed E-state index contributed by atoms with van der Waals surface area (Å²) in [6, 6.07) is 17.7. The van der Waals surface area contributed by atoms with Crippen LogP contribution >= 0.6 is 0 Å². The van der Waals surface area contributed by atoms with Gasteiger partial charge < -0.3 is 14.8 Å². The summed E-state index contributed by atoms with van der Waals surface area (Å²) >= 11 is 0. The van der Waals surface area contributed by atoms with E-state index < -0.39 is 34.9 Å². The lowest BCUT2D eigenvalue weighted by Gasteiger charge is -2.06. The Balaban J connectivity index is 1.57. The SMILES string of the molecule is N#CC(=C(O)COC(=O)CNS(=O)(=O)C=Cc1ccccc1)c1nc2ccccc2[nH]1. The molecular formula is C21H18N4O5S. The molecule has 0 aliphatic rings. The number of nitriles is 1. The van der Waals surface area contributed by atoms with Crippen molar-refractivity contribution in [2.24, 2.45) is 0 Å². The standard InChI is InChI=1S/C21H18N4O5S/c22-12-16(21-24-17-8-4-5-9-18(17)25-21)19(26)14-30-20(27)13-23-31(28,29)11-10-15-6-2-1-3-7-15/h1-11,23,26H,13-14H2,(H,24,25). The van der Waals surface area contributed by atoms with Gasteiger partial charge in [-0.25, -0.2) is 18.1 Å². The van der Waals surface area contributed by atoms with Gasteiger partial charge in [-0.1, -0.05) is 42.5 Å². The third-order valence-corrected chi connectivity index (χ3v) is 5.09. The number of ether oxygens (including phenoxy) is 1. The van der Waals surface area contributed by atoms with Gasteiger partial charge in [-0.3, -0.25) is 4.79 Å². The van der Waals surface area contributed by atoms with Crippen LogP contribution in [0.4, 0.5) is 0 Å². The van der Waals surface area contributed by atoms with E-state index >= 15 is 0 Å². The number of aliphatic hydroxyl groups is 1. The zero-order valence-corrected chi connectivity index (χ0v) is 17.0. The number of rotatable bonds is 8. The molecule has 0 spiro atoms. The smallest absolute Gasteiger partial charge is 0.321 e. The fraction of sp³-hybridized carbons (Fsp3) is 0.0952. The van der Waals surface area contributed by atoms with Crippen LogP contribution in [0.5, 0.6) is 0 Å². The number of para-hydroxylation sites is 2. The van der Waals surface area contributed by atoms with Crippen LogP contribution in [-0.2, 0) is 19.6 Å². The van der Waals surface area contributed by atoms with E-state index in [1.54, 1.807) is 54.6 Å². The zero-order valence-electron chi connectivity index (χ0n) is 16.1. The maximum atomic E-state index is 12.0. The number of carbonyl (C=O) groups is 1. The number of benzene rings is 2. The number of allylic oxidation sites excluding steroid dienone is 1. The van der Waals surface area contributed by atoms with E-state index in [9.17, 15) is 23.6 Å². The monoisotopic (exact) mass is 438 g/mol. The molecule has 0 unspecified atom stereocenters. The van der Waals surface area contributed by atoms with Gasteiger partial charge >= 0.3 is 5.97 Å². The van der Waals surface area contributed by atoms with Crippen LogP contribution in [0.15, 0.2) is 65.8 Å². The van der Waals surface area contributed by atoms with Gasteiger partial charge in [-0.05, 0) is 23.8 Å². The minimum Gasteiger partial charge on any atom is -0.507 e. The van der Waals surface area contributed by atoms with E-state index in [0.717, 1.165) is 5.41 Å². The Morgan fingerprint density at radius 1 is 1.19 bits per heavy atom. The average molecular weight is 438 g/mol. The first-order valence-corrected chi connectivity index (χ1v) is 10.6. The third kappa shape index (κ3) is 6.02. The molecule has 9 nitrogen and oxygen atoms in total. The van der Waals surface area contributed by atoms with Crippen LogP contribution < -0.4 is 4.72 Å². The number of nitrogens with one attached hydrogen (secondary N) is 2. The lowest BCUT2D eigenvalue weighted by molar-refractivity contribution is -0.141. The van der Waals surface area contributed by atoms with Gasteiger partial charge in [0, 0.05) is 5.41 Å². The Labute approximate surface area is 178 Å². The van der Waals surface area contributed by atoms with Crippen LogP contribution in [0.1, 0.15) is 11.4 Å². The van der Waals surface area contributed by atoms with Gasteiger partial charge in [-0.2, -0.15) is 5.26 Å². The maximum absolute atomic E-state index is 12.0. The van der Waals surface area contributed by atoms with Crippen molar-refractivity contribution < 1.29 is 23.1 Å². The number of aromatic amines is 1. The van der Waals surface area contributed by atoms with Crippen LogP contribution in [0.2, 0.25) is 0 Å². The summed E-state index contributed by atoms with van der Waals surface area (Å²) in [4.78, 5) is 19.0. The molecule has 10 heteroatoms. The molecule has 0 saturated heterocycles. The fourth-order valence-corrected chi connectivity index (χ4v) is 3.29. The molecule has 1 heterocycles. The van der Waals surface area contributed by atoms with E-state index in [1.165, 1.54) is 6.08 Å². The number of hydrogen-bond acceptors (Lipinski definition) is 7. The summed E-state index contributed by atoms with van der Waals surface area (Å²) in [5, 5.41) is 20.4. The second-order valence-corrected chi connectivity index (χ2v) is 7.93. The van der Waals surface area contributed by atoms with Crippen LogP contribution in [0.25, 0.3) is 22.7 Å². The highest BCUT2D eigenvalue weighted by Gasteiger charge is 2.16. The van der Waals surface area contributed by atoms with Crippen molar-refractivity contribution in [3.8, 4) is 6.07 Å². The Bertz CT molecular complexity index is 1260. The van der Waals surface area contributed by atoms with Crippen LogP contribution in [0, 0.1) is 11.3 Å². The lowest BCUT2D eigenvalue weighted by atomic mass is 10.2. The zero-order chi connectivity index (χ0) is 22.3. The topological polar surface area (TPSA) is 145 Å². The van der Waals surface area contributed by atoms with E-state index in [0.29, 0.717) is 16.6 Å². The third-order valence-electron chi connectivity index (χ3n) is 4.05. The van der Waals surface area contributed by atoms with Gasteiger partial charge in [0.25, 0.3) is 0 Å². The summed E-state index contributed by atoms with van der Waals surface area (Å²) in [6.45, 7) is -1.25. The summed E-state index contributed by atoms with van der Waals surface area (Å²) in [5.74, 6) is -1.31. The minimum absolute atomic E-state index is 0.129. The molecule has 31 heavy (non-hydrogen) atoms. The number of hydrogen-bond donors (Lipinski definition) is 3. The number of fused-ring (bicyclic) bond motifs is 1. The normalized spacial score (nSPS) is 12.5. The second-order valence-electron chi connectivity index (χ2n) is 6.28. The van der Waals surface area contributed by atoms with Gasteiger partial charge in [0.15, 0.2) is 11.6 Å². The van der Waals surface area contributed by atoms with Gasteiger partial charge in [0.05, 0.1) is 11.0 Å². The molecule has 3 N–H and O–H groups in total. The van der Waals surface area contributed by atoms with Crippen molar-refractivity contribution in [1.82, 2.24) is 14.7 Å². The number of esters is 1. The molecule has 0 bridgehead atoms. The molecule has 3 aromatic rings. The first kappa shape index (κ1) is 21.8. The van der Waals surface area contributed by atoms with Crippen molar-refractivity contribution >= 4 is 38.7 Å². The second kappa shape index (κ2) is 9.71. The molecule has 0 aliphatic carbocycles. The predicted octanol–water partition coefficient (Wildman–Crippen LogP) is 2.49. The first-order chi connectivity index (χ1) is 14.9. The predicted molar refractivity (Wildman–Crippen MR) is 115 cm³/mol. The molecule has 0 atom stereocenters. The number of H-pyrrole nitrogens is 1. The highest BCUT2D eigenvalue weighted by molar-refractivity contribution is 7.92. The number of sulfonamides is 1. The summed E-state index contributed by atoms with van der Waals surface area (Å²) in [7, 11) is -3.87. The number of aromatic nitrogens is 2. The molecule has 1 aromatic heterocycles. The molecule has 158 valence electrons. The van der Waals surface area contributed by atoms with E-state index in [4.69, 9.17) is 4.74 Å². The Kier molecular flexibility index (Phi) is 6.81. The van der Waals surface area contributed by atoms with E-state index in [-0.39, 0.29) is 11.4 Å². The van der Waals surface area contributed by atoms with Gasteiger partial charge in [0.1, 0.15) is 24.8 Å². The minimum atomic E-state index is -3.87. The van der Waals surface area contributed by atoms with Crippen molar-refractivity contribution in [3.05, 3.63) is 77.2 Å². The molecule has 0 radical (unpaired) electrons. The molecule has 0 amide bonds. The average Bonchev–Trinajstić information content (AvgIpc) is 3.20. The first-order valence-electron chi connectivity index (χ1n) is 9.04. The Hall–Kier alpha value is -3.94. The number of imidazole rings is 1. The van der Waals surface area contributed by atoms with Crippen LogP contribution in [-0.4, -0.2) is 42.6 Å². The van der Waals surface area contributed by atoms with Crippen LogP contribution in [0.3, 0.4) is 0 Å². The summed E-state index contributed by atoms with van der Waals surface area (Å²) in [6.07, 6.45) is 1.38. The molecule has 3 rings (SSSR count). The molecule has 0 fully saturated rings. The van der Waals surface area contributed by atoms with Crippen molar-refractivity contribution in [2.75, 3.05) is 13.2 Å². The van der Waals surface area contributed by atoms with Gasteiger partial charge in [0.2, 0.25) is 10.0 Å². The van der Waals surface area contributed by atoms with E-state index in [1.807, 2.05) is 6.07 Å². The Morgan fingerprint density at radius 2 is 1.90 bits per heavy atom. The van der Waals surface area contributed by atoms with E-state index in [2.05, 4.69) is 14.7 Å². The molecule has 0 saturated carbocycles. The van der Waals surface area contributed by atoms with Crippen molar-refractivity contribution in [1.29, 1.82) is 5.26 Å². The number of aliphatic hydroxyl groups excluding tert-OH is 1. The lowest BCUT2D eigenvalue weighted by Crippen LogP contribution is -2.29. The fourth-order valence-electron chi connectivity index (χ4n) is 2.54. The highest BCUT2D eigenvalue weighted by atomic mass is 32.2. The summed E-state index contributed by atoms with van der Waals surface area (Å²) < 4.78 is 30.8. The van der Waals surface area contributed by atoms with Crippen molar-refractivity contribution in [3.63, 3.8) is 0 Å². The Morgan fingerprint density at radius 3 is 2.61 bits per heavy atom. The quantitative estimate of drug-likeness (QED) is 0.278. The maximum Gasteiger partial charge on any atom is 0.321 e. The molecule has 0 aliphatic heterocycles. The molecule has 2 aromatic carbocycles. The number of nitrogens with zero attached hydrogens (tertiary/aromatic N) is 2. The summed E-state index contributed by atoms with van der Waals surface area (Å²) in [5.41, 5.74) is 1.77.